The van der Waals surface area contributed by atoms with Crippen molar-refractivity contribution in [1.29, 1.82) is 5.41 Å². The van der Waals surface area contributed by atoms with Gasteiger partial charge in [0.25, 0.3) is 0 Å². The van der Waals surface area contributed by atoms with Gasteiger partial charge in [0.2, 0.25) is 0 Å². The summed E-state index contributed by atoms with van der Waals surface area (Å²) < 4.78 is 12.0. The third-order valence-corrected chi connectivity index (χ3v) is 5.86. The molecule has 0 saturated carbocycles. The van der Waals surface area contributed by atoms with Crippen molar-refractivity contribution in [3.05, 3.63) is 95.1 Å². The van der Waals surface area contributed by atoms with Crippen molar-refractivity contribution in [1.82, 2.24) is 0 Å². The number of amidine groups is 1. The number of hydrogen-bond donors (Lipinski definition) is 2. The summed E-state index contributed by atoms with van der Waals surface area (Å²) >= 11 is 0. The predicted octanol–water partition coefficient (Wildman–Crippen LogP) is 4.36. The van der Waals surface area contributed by atoms with Crippen molar-refractivity contribution in [2.45, 2.75) is 20.8 Å². The molecule has 0 spiro atoms. The summed E-state index contributed by atoms with van der Waals surface area (Å²) in [5.74, 6) is 0.149. The van der Waals surface area contributed by atoms with E-state index in [4.69, 9.17) is 11.1 Å². The van der Waals surface area contributed by atoms with E-state index in [9.17, 15) is 4.57 Å². The second-order valence-electron chi connectivity index (χ2n) is 6.06. The number of nitrogen functional groups attached to an aromatic ring is 1. The molecular formula is C22H24N2OP+. The van der Waals surface area contributed by atoms with Gasteiger partial charge in [0, 0.05) is 5.56 Å². The maximum absolute atomic E-state index is 12.0. The Morgan fingerprint density at radius 3 is 1.65 bits per heavy atom. The molecule has 3 N–H and O–H groups in total. The fourth-order valence-electron chi connectivity index (χ4n) is 2.52. The minimum absolute atomic E-state index is 0.149. The zero-order valence-electron chi connectivity index (χ0n) is 15.4. The van der Waals surface area contributed by atoms with E-state index in [1.54, 1.807) is 0 Å². The maximum atomic E-state index is 12.0. The van der Waals surface area contributed by atoms with Crippen LogP contribution in [0.5, 0.6) is 0 Å². The molecule has 3 aromatic rings. The molecular weight excluding hydrogens is 339 g/mol. The van der Waals surface area contributed by atoms with Crippen molar-refractivity contribution in [3.8, 4) is 0 Å². The summed E-state index contributed by atoms with van der Waals surface area (Å²) in [6, 6.07) is 23.0. The monoisotopic (exact) mass is 363 g/mol. The third-order valence-electron chi connectivity index (χ3n) is 4.33. The summed E-state index contributed by atoms with van der Waals surface area (Å²) in [6.45, 7) is 6.11. The molecule has 3 aromatic carbocycles. The van der Waals surface area contributed by atoms with Crippen molar-refractivity contribution in [2.24, 2.45) is 5.73 Å². The van der Waals surface area contributed by atoms with Crippen LogP contribution in [0.1, 0.15) is 22.3 Å². The molecule has 0 fully saturated rings. The highest BCUT2D eigenvalue weighted by molar-refractivity contribution is 7.61. The summed E-state index contributed by atoms with van der Waals surface area (Å²) in [7, 11) is -1.42. The van der Waals surface area contributed by atoms with Crippen LogP contribution in [0.3, 0.4) is 0 Å². The first-order chi connectivity index (χ1) is 12.4. The standard InChI is InChI=1S/C12H10OP.C10H14N2/c13-14(11-7-3-1-4-8-11)12-9-5-2-6-10-12;1-6-4-5-9(10(11)12)8(3)7(6)2/h1-10H;4-5H,1-3H3,(H3,11,12)/q+1;. The van der Waals surface area contributed by atoms with Gasteiger partial charge in [-0.2, -0.15) is 0 Å². The number of rotatable bonds is 3. The van der Waals surface area contributed by atoms with E-state index in [1.165, 1.54) is 11.1 Å². The molecule has 0 radical (unpaired) electrons. The second kappa shape index (κ2) is 9.07. The molecule has 0 heterocycles. The first-order valence-corrected chi connectivity index (χ1v) is 9.66. The minimum Gasteiger partial charge on any atom is -0.384 e. The Hall–Kier alpha value is -2.77. The lowest BCUT2D eigenvalue weighted by molar-refractivity contribution is 0.598. The largest absolute Gasteiger partial charge is 0.415 e. The molecule has 0 saturated heterocycles. The van der Waals surface area contributed by atoms with E-state index in [0.717, 1.165) is 21.7 Å². The molecule has 0 aromatic heterocycles. The molecule has 0 amide bonds. The first kappa shape index (κ1) is 19.6. The molecule has 0 aliphatic rings. The van der Waals surface area contributed by atoms with Gasteiger partial charge in [-0.05, 0) is 61.7 Å². The van der Waals surface area contributed by atoms with Gasteiger partial charge in [-0.3, -0.25) is 5.41 Å². The van der Waals surface area contributed by atoms with Gasteiger partial charge in [-0.1, -0.05) is 53.1 Å². The number of nitrogens with two attached hydrogens (primary N) is 1. The highest BCUT2D eigenvalue weighted by Crippen LogP contribution is 2.18. The lowest BCUT2D eigenvalue weighted by atomic mass is 9.98. The van der Waals surface area contributed by atoms with Gasteiger partial charge in [-0.25, -0.2) is 0 Å². The quantitative estimate of drug-likeness (QED) is 0.412. The number of hydrogen-bond acceptors (Lipinski definition) is 2. The van der Waals surface area contributed by atoms with E-state index in [1.807, 2.05) is 79.7 Å². The number of benzene rings is 3. The van der Waals surface area contributed by atoms with Gasteiger partial charge in [0.1, 0.15) is 5.84 Å². The summed E-state index contributed by atoms with van der Waals surface area (Å²) in [5, 5.41) is 9.09. The number of aryl methyl sites for hydroxylation is 1. The van der Waals surface area contributed by atoms with Crippen LogP contribution in [0.4, 0.5) is 0 Å². The molecule has 4 heteroatoms. The van der Waals surface area contributed by atoms with Crippen LogP contribution in [0.25, 0.3) is 0 Å². The van der Waals surface area contributed by atoms with Crippen LogP contribution >= 0.6 is 7.80 Å². The molecule has 132 valence electrons. The Kier molecular flexibility index (Phi) is 6.82. The van der Waals surface area contributed by atoms with Gasteiger partial charge < -0.3 is 5.73 Å². The molecule has 0 atom stereocenters. The molecule has 3 nitrogen and oxygen atoms in total. The normalized spacial score (nSPS) is 9.81. The average Bonchev–Trinajstić information content (AvgIpc) is 2.67. The van der Waals surface area contributed by atoms with E-state index in [2.05, 4.69) is 13.8 Å². The Balaban J connectivity index is 0.000000190. The second-order valence-corrected chi connectivity index (χ2v) is 7.68. The van der Waals surface area contributed by atoms with Crippen LogP contribution in [-0.4, -0.2) is 5.84 Å². The summed E-state index contributed by atoms with van der Waals surface area (Å²) in [5.41, 5.74) is 9.85. The van der Waals surface area contributed by atoms with E-state index in [-0.39, 0.29) is 5.84 Å². The Bertz CT molecular complexity index is 865. The van der Waals surface area contributed by atoms with Crippen LogP contribution in [0.15, 0.2) is 72.8 Å². The van der Waals surface area contributed by atoms with Crippen LogP contribution in [-0.2, 0) is 4.57 Å². The smallest absolute Gasteiger partial charge is 0.384 e. The Morgan fingerprint density at radius 2 is 1.23 bits per heavy atom. The van der Waals surface area contributed by atoms with Crippen molar-refractivity contribution in [2.75, 3.05) is 0 Å². The van der Waals surface area contributed by atoms with Crippen molar-refractivity contribution >= 4 is 24.2 Å². The Morgan fingerprint density at radius 1 is 0.769 bits per heavy atom. The van der Waals surface area contributed by atoms with Gasteiger partial charge in [0.15, 0.2) is 10.6 Å². The van der Waals surface area contributed by atoms with Crippen molar-refractivity contribution < 1.29 is 4.57 Å². The van der Waals surface area contributed by atoms with Crippen LogP contribution < -0.4 is 16.3 Å². The fourth-order valence-corrected chi connectivity index (χ4v) is 3.71. The lowest BCUT2D eigenvalue weighted by Crippen LogP contribution is -2.13. The summed E-state index contributed by atoms with van der Waals surface area (Å²) in [4.78, 5) is 0. The molecule has 0 bridgehead atoms. The molecule has 3 rings (SSSR count). The zero-order chi connectivity index (χ0) is 19.1. The molecule has 0 unspecified atom stereocenters. The highest BCUT2D eigenvalue weighted by Gasteiger charge is 2.21. The van der Waals surface area contributed by atoms with E-state index in [0.29, 0.717) is 0 Å². The number of nitrogens with one attached hydrogen (secondary N) is 1. The Labute approximate surface area is 156 Å². The highest BCUT2D eigenvalue weighted by atomic mass is 31.1. The summed E-state index contributed by atoms with van der Waals surface area (Å²) in [6.07, 6.45) is 0. The van der Waals surface area contributed by atoms with Crippen molar-refractivity contribution in [3.63, 3.8) is 0 Å². The van der Waals surface area contributed by atoms with Gasteiger partial charge in [-0.15, -0.1) is 0 Å². The topological polar surface area (TPSA) is 66.9 Å². The van der Waals surface area contributed by atoms with E-state index < -0.39 is 7.80 Å². The average molecular weight is 363 g/mol. The van der Waals surface area contributed by atoms with Crippen LogP contribution in [0.2, 0.25) is 0 Å². The molecule has 0 aliphatic heterocycles. The SMILES string of the molecule is Cc1ccc(C(=N)N)c(C)c1C.O=[P+](c1ccccc1)c1ccccc1. The zero-order valence-corrected chi connectivity index (χ0v) is 16.3. The third kappa shape index (κ3) is 4.87. The minimum atomic E-state index is -1.42. The van der Waals surface area contributed by atoms with Crippen LogP contribution in [0, 0.1) is 26.2 Å². The fraction of sp³-hybridized carbons (Fsp3) is 0.136. The maximum Gasteiger partial charge on any atom is 0.415 e. The predicted molar refractivity (Wildman–Crippen MR) is 111 cm³/mol. The molecule has 26 heavy (non-hydrogen) atoms. The van der Waals surface area contributed by atoms with Gasteiger partial charge in [0.05, 0.1) is 0 Å². The lowest BCUT2D eigenvalue weighted by Gasteiger charge is -2.09. The molecule has 0 aliphatic carbocycles. The first-order valence-electron chi connectivity index (χ1n) is 8.40. The van der Waals surface area contributed by atoms with Gasteiger partial charge >= 0.3 is 7.80 Å². The van der Waals surface area contributed by atoms with E-state index >= 15 is 0 Å².